The Kier molecular flexibility index (Phi) is 6.30. The topological polar surface area (TPSA) is 56.1 Å². The zero-order valence-electron chi connectivity index (χ0n) is 12.5. The molecule has 22 heavy (non-hydrogen) atoms. The SMILES string of the molecule is COC[C@H](C)NC(=O)CSc1nccn1-c1ccc(Cl)cc1. The average Bonchev–Trinajstić information content (AvgIpc) is 2.94. The van der Waals surface area contributed by atoms with Gasteiger partial charge in [0.05, 0.1) is 12.4 Å². The van der Waals surface area contributed by atoms with Crippen molar-refractivity contribution in [2.24, 2.45) is 0 Å². The second kappa shape index (κ2) is 8.22. The number of amides is 1. The molecule has 0 spiro atoms. The molecule has 2 aromatic rings. The molecule has 0 radical (unpaired) electrons. The Morgan fingerprint density at radius 1 is 1.45 bits per heavy atom. The highest BCUT2D eigenvalue weighted by Gasteiger charge is 2.11. The van der Waals surface area contributed by atoms with E-state index in [1.54, 1.807) is 13.3 Å². The maximum absolute atomic E-state index is 11.9. The molecule has 0 saturated heterocycles. The molecule has 1 aromatic heterocycles. The molecular weight excluding hydrogens is 322 g/mol. The molecule has 0 unspecified atom stereocenters. The smallest absolute Gasteiger partial charge is 0.230 e. The van der Waals surface area contributed by atoms with E-state index >= 15 is 0 Å². The van der Waals surface area contributed by atoms with Gasteiger partial charge < -0.3 is 10.1 Å². The summed E-state index contributed by atoms with van der Waals surface area (Å²) in [5, 5.41) is 4.32. The van der Waals surface area contributed by atoms with Crippen LogP contribution in [0.2, 0.25) is 5.02 Å². The summed E-state index contributed by atoms with van der Waals surface area (Å²) in [4.78, 5) is 16.2. The third-order valence-electron chi connectivity index (χ3n) is 2.87. The number of nitrogens with one attached hydrogen (secondary N) is 1. The maximum Gasteiger partial charge on any atom is 0.230 e. The monoisotopic (exact) mass is 339 g/mol. The number of hydrogen-bond acceptors (Lipinski definition) is 4. The van der Waals surface area contributed by atoms with Crippen molar-refractivity contribution in [3.63, 3.8) is 0 Å². The second-order valence-corrected chi connectivity index (χ2v) is 6.15. The minimum Gasteiger partial charge on any atom is -0.383 e. The van der Waals surface area contributed by atoms with E-state index in [2.05, 4.69) is 10.3 Å². The van der Waals surface area contributed by atoms with Crippen LogP contribution in [0.5, 0.6) is 0 Å². The molecule has 1 aromatic carbocycles. The first-order valence-corrected chi connectivity index (χ1v) is 8.17. The van der Waals surface area contributed by atoms with Crippen molar-refractivity contribution in [2.75, 3.05) is 19.5 Å². The van der Waals surface area contributed by atoms with Crippen LogP contribution >= 0.6 is 23.4 Å². The van der Waals surface area contributed by atoms with E-state index in [1.807, 2.05) is 42.0 Å². The Morgan fingerprint density at radius 3 is 2.86 bits per heavy atom. The Balaban J connectivity index is 1.96. The molecule has 1 N–H and O–H groups in total. The van der Waals surface area contributed by atoms with Gasteiger partial charge in [0, 0.05) is 36.3 Å². The maximum atomic E-state index is 11.9. The predicted octanol–water partition coefficient (Wildman–Crippen LogP) is 2.77. The van der Waals surface area contributed by atoms with Gasteiger partial charge in [0.1, 0.15) is 0 Å². The summed E-state index contributed by atoms with van der Waals surface area (Å²) in [7, 11) is 1.61. The Hall–Kier alpha value is -1.50. The molecule has 5 nitrogen and oxygen atoms in total. The highest BCUT2D eigenvalue weighted by atomic mass is 35.5. The summed E-state index contributed by atoms with van der Waals surface area (Å²) < 4.78 is 6.92. The number of benzene rings is 1. The number of aromatic nitrogens is 2. The number of halogens is 1. The van der Waals surface area contributed by atoms with Crippen LogP contribution in [-0.2, 0) is 9.53 Å². The van der Waals surface area contributed by atoms with Crippen LogP contribution in [0.25, 0.3) is 5.69 Å². The van der Waals surface area contributed by atoms with E-state index in [-0.39, 0.29) is 11.9 Å². The molecule has 0 fully saturated rings. The number of carbonyl (C=O) groups excluding carboxylic acids is 1. The Morgan fingerprint density at radius 2 is 2.18 bits per heavy atom. The molecule has 7 heteroatoms. The fourth-order valence-electron chi connectivity index (χ4n) is 1.93. The molecule has 1 amide bonds. The number of rotatable bonds is 7. The fraction of sp³-hybridized carbons (Fsp3) is 0.333. The van der Waals surface area contributed by atoms with Crippen molar-refractivity contribution in [1.29, 1.82) is 0 Å². The van der Waals surface area contributed by atoms with E-state index in [0.29, 0.717) is 17.4 Å². The highest BCUT2D eigenvalue weighted by molar-refractivity contribution is 7.99. The van der Waals surface area contributed by atoms with Gasteiger partial charge in [-0.1, -0.05) is 23.4 Å². The van der Waals surface area contributed by atoms with Crippen LogP contribution in [-0.4, -0.2) is 41.0 Å². The highest BCUT2D eigenvalue weighted by Crippen LogP contribution is 2.21. The summed E-state index contributed by atoms with van der Waals surface area (Å²) in [6, 6.07) is 7.47. The van der Waals surface area contributed by atoms with Gasteiger partial charge in [-0.05, 0) is 31.2 Å². The van der Waals surface area contributed by atoms with Gasteiger partial charge in [0.2, 0.25) is 5.91 Å². The quantitative estimate of drug-likeness (QED) is 0.788. The fourth-order valence-corrected chi connectivity index (χ4v) is 2.84. The number of ether oxygens (including phenoxy) is 1. The van der Waals surface area contributed by atoms with Crippen LogP contribution in [0, 0.1) is 0 Å². The summed E-state index contributed by atoms with van der Waals surface area (Å²) in [5.41, 5.74) is 0.956. The summed E-state index contributed by atoms with van der Waals surface area (Å²) in [6.07, 6.45) is 3.57. The number of carbonyl (C=O) groups is 1. The molecule has 0 aliphatic carbocycles. The summed E-state index contributed by atoms with van der Waals surface area (Å²) in [6.45, 7) is 2.40. The minimum atomic E-state index is -0.0415. The molecule has 0 saturated carbocycles. The average molecular weight is 340 g/mol. The predicted molar refractivity (Wildman–Crippen MR) is 88.8 cm³/mol. The first kappa shape index (κ1) is 16.9. The van der Waals surface area contributed by atoms with E-state index < -0.39 is 0 Å². The van der Waals surface area contributed by atoms with E-state index in [9.17, 15) is 4.79 Å². The van der Waals surface area contributed by atoms with Crippen LogP contribution in [0.15, 0.2) is 41.8 Å². The lowest BCUT2D eigenvalue weighted by Crippen LogP contribution is -2.36. The molecule has 0 aliphatic rings. The van der Waals surface area contributed by atoms with E-state index in [4.69, 9.17) is 16.3 Å². The Labute approximate surface area is 139 Å². The molecule has 2 rings (SSSR count). The lowest BCUT2D eigenvalue weighted by Gasteiger charge is -2.12. The molecule has 118 valence electrons. The number of nitrogens with zero attached hydrogens (tertiary/aromatic N) is 2. The van der Waals surface area contributed by atoms with Gasteiger partial charge in [0.25, 0.3) is 0 Å². The number of hydrogen-bond donors (Lipinski definition) is 1. The van der Waals surface area contributed by atoms with Crippen molar-refractivity contribution in [2.45, 2.75) is 18.1 Å². The molecule has 0 aliphatic heterocycles. The van der Waals surface area contributed by atoms with Crippen LogP contribution < -0.4 is 5.32 Å². The van der Waals surface area contributed by atoms with Crippen molar-refractivity contribution in [1.82, 2.24) is 14.9 Å². The summed E-state index contributed by atoms with van der Waals surface area (Å²) >= 11 is 7.28. The second-order valence-electron chi connectivity index (χ2n) is 4.77. The zero-order chi connectivity index (χ0) is 15.9. The van der Waals surface area contributed by atoms with Gasteiger partial charge in [-0.15, -0.1) is 0 Å². The third kappa shape index (κ3) is 4.76. The molecule has 0 bridgehead atoms. The van der Waals surface area contributed by atoms with Crippen LogP contribution in [0.4, 0.5) is 0 Å². The zero-order valence-corrected chi connectivity index (χ0v) is 14.0. The van der Waals surface area contributed by atoms with Gasteiger partial charge in [-0.2, -0.15) is 0 Å². The standard InChI is InChI=1S/C15H18ClN3O2S/c1-11(9-21-2)18-14(20)10-22-15-17-7-8-19(15)13-5-3-12(16)4-6-13/h3-8,11H,9-10H2,1-2H3,(H,18,20)/t11-/m0/s1. The van der Waals surface area contributed by atoms with Gasteiger partial charge >= 0.3 is 0 Å². The lowest BCUT2D eigenvalue weighted by molar-refractivity contribution is -0.119. The third-order valence-corrected chi connectivity index (χ3v) is 4.09. The number of imidazole rings is 1. The normalized spacial score (nSPS) is 12.1. The largest absolute Gasteiger partial charge is 0.383 e. The van der Waals surface area contributed by atoms with Gasteiger partial charge in [-0.25, -0.2) is 4.98 Å². The molecule has 1 heterocycles. The van der Waals surface area contributed by atoms with Crippen molar-refractivity contribution >= 4 is 29.3 Å². The van der Waals surface area contributed by atoms with E-state index in [0.717, 1.165) is 10.8 Å². The van der Waals surface area contributed by atoms with Crippen LogP contribution in [0.1, 0.15) is 6.92 Å². The van der Waals surface area contributed by atoms with Crippen molar-refractivity contribution < 1.29 is 9.53 Å². The lowest BCUT2D eigenvalue weighted by atomic mass is 10.3. The van der Waals surface area contributed by atoms with Gasteiger partial charge in [0.15, 0.2) is 5.16 Å². The first-order valence-electron chi connectivity index (χ1n) is 6.80. The van der Waals surface area contributed by atoms with Crippen molar-refractivity contribution in [3.05, 3.63) is 41.7 Å². The first-order chi connectivity index (χ1) is 10.6. The van der Waals surface area contributed by atoms with Crippen molar-refractivity contribution in [3.8, 4) is 5.69 Å². The number of thioether (sulfide) groups is 1. The Bertz CT molecular complexity index is 616. The summed E-state index contributed by atoms with van der Waals surface area (Å²) in [5.74, 6) is 0.263. The molecular formula is C15H18ClN3O2S. The van der Waals surface area contributed by atoms with Gasteiger partial charge in [-0.3, -0.25) is 9.36 Å². The minimum absolute atomic E-state index is 0.00545. The van der Waals surface area contributed by atoms with Crippen LogP contribution in [0.3, 0.4) is 0 Å². The molecule has 1 atom stereocenters. The number of methoxy groups -OCH3 is 1. The van der Waals surface area contributed by atoms with E-state index in [1.165, 1.54) is 11.8 Å².